The van der Waals surface area contributed by atoms with Crippen molar-refractivity contribution in [3.8, 4) is 5.69 Å². The van der Waals surface area contributed by atoms with Crippen LogP contribution in [-0.4, -0.2) is 31.6 Å². The number of benzene rings is 2. The number of nitrogens with zero attached hydrogens (tertiary/aromatic N) is 3. The molecule has 0 aliphatic carbocycles. The van der Waals surface area contributed by atoms with Crippen LogP contribution in [0.5, 0.6) is 0 Å². The summed E-state index contributed by atoms with van der Waals surface area (Å²) >= 11 is 5.92. The molecule has 0 spiro atoms. The van der Waals surface area contributed by atoms with Gasteiger partial charge in [-0.1, -0.05) is 32.0 Å². The lowest BCUT2D eigenvalue weighted by Crippen LogP contribution is -2.29. The molecule has 1 saturated heterocycles. The number of aromatic carboxylic acids is 1. The van der Waals surface area contributed by atoms with Gasteiger partial charge in [0.25, 0.3) is 0 Å². The molecule has 2 aromatic carbocycles. The zero-order chi connectivity index (χ0) is 29.4. The second-order valence-electron chi connectivity index (χ2n) is 10.6. The zero-order valence-corrected chi connectivity index (χ0v) is 24.5. The van der Waals surface area contributed by atoms with Gasteiger partial charge < -0.3 is 25.2 Å². The molecule has 0 saturated carbocycles. The molecule has 1 fully saturated rings. The smallest absolute Gasteiger partial charge is 0.337 e. The Morgan fingerprint density at radius 1 is 1.02 bits per heavy atom. The topological polar surface area (TPSA) is 99.5 Å². The number of thiocarbonyl (C=S) groups is 1. The van der Waals surface area contributed by atoms with Crippen molar-refractivity contribution in [3.05, 3.63) is 107 Å². The Kier molecular flexibility index (Phi) is 7.64. The maximum Gasteiger partial charge on any atom is 0.337 e. The highest BCUT2D eigenvalue weighted by Gasteiger charge is 2.42. The molecule has 9 heteroatoms. The fourth-order valence-corrected chi connectivity index (χ4v) is 5.82. The third-order valence-electron chi connectivity index (χ3n) is 7.53. The van der Waals surface area contributed by atoms with E-state index in [9.17, 15) is 14.7 Å². The molecule has 1 aliphatic heterocycles. The first-order valence-corrected chi connectivity index (χ1v) is 13.9. The van der Waals surface area contributed by atoms with Crippen LogP contribution in [-0.2, 0) is 4.79 Å². The molecule has 1 amide bonds. The van der Waals surface area contributed by atoms with Gasteiger partial charge in [0.2, 0.25) is 5.91 Å². The third kappa shape index (κ3) is 5.20. The van der Waals surface area contributed by atoms with E-state index in [1.54, 1.807) is 18.3 Å². The molecular formula is C32H33N5O3S. The molecule has 3 N–H and O–H groups in total. The van der Waals surface area contributed by atoms with Gasteiger partial charge in [-0.05, 0) is 92.6 Å². The van der Waals surface area contributed by atoms with E-state index < -0.39 is 5.97 Å². The van der Waals surface area contributed by atoms with E-state index in [4.69, 9.17) is 12.2 Å². The summed E-state index contributed by atoms with van der Waals surface area (Å²) in [4.78, 5) is 31.2. The summed E-state index contributed by atoms with van der Waals surface area (Å²) in [5.74, 6) is -1.15. The number of carboxylic acids is 1. The van der Waals surface area contributed by atoms with Crippen LogP contribution in [0, 0.1) is 26.7 Å². The number of para-hydroxylation sites is 1. The number of pyridine rings is 1. The Hall–Kier alpha value is -4.50. The number of carboxylic acid groups (broad SMARTS) is 1. The number of carbonyl (C=O) groups excluding carboxylic acids is 1. The lowest BCUT2D eigenvalue weighted by atomic mass is 9.96. The zero-order valence-electron chi connectivity index (χ0n) is 23.7. The number of hydrogen-bond donors (Lipinski definition) is 3. The monoisotopic (exact) mass is 567 g/mol. The van der Waals surface area contributed by atoms with Crippen LogP contribution in [0.4, 0.5) is 11.4 Å². The third-order valence-corrected chi connectivity index (χ3v) is 7.85. The van der Waals surface area contributed by atoms with Crippen molar-refractivity contribution < 1.29 is 14.7 Å². The summed E-state index contributed by atoms with van der Waals surface area (Å²) in [7, 11) is 0. The van der Waals surface area contributed by atoms with Gasteiger partial charge >= 0.3 is 5.97 Å². The number of hydrogen-bond acceptors (Lipinski definition) is 4. The first kappa shape index (κ1) is 28.0. The van der Waals surface area contributed by atoms with Gasteiger partial charge in [0.1, 0.15) is 0 Å². The number of anilines is 2. The molecule has 8 nitrogen and oxygen atoms in total. The van der Waals surface area contributed by atoms with E-state index in [-0.39, 0.29) is 29.5 Å². The van der Waals surface area contributed by atoms with Crippen LogP contribution < -0.4 is 15.5 Å². The second-order valence-corrected chi connectivity index (χ2v) is 11.0. The Bertz CT molecular complexity index is 1650. The van der Waals surface area contributed by atoms with Gasteiger partial charge in [0, 0.05) is 34.9 Å². The first-order chi connectivity index (χ1) is 19.6. The van der Waals surface area contributed by atoms with Crippen molar-refractivity contribution in [1.82, 2.24) is 14.9 Å². The molecule has 0 radical (unpaired) electrons. The number of amides is 1. The van der Waals surface area contributed by atoms with Gasteiger partial charge in [-0.15, -0.1) is 0 Å². The molecular weight excluding hydrogens is 534 g/mol. The largest absolute Gasteiger partial charge is 0.478 e. The lowest BCUT2D eigenvalue weighted by Gasteiger charge is -2.29. The van der Waals surface area contributed by atoms with E-state index in [2.05, 4.69) is 26.6 Å². The van der Waals surface area contributed by atoms with Crippen LogP contribution in [0.2, 0.25) is 0 Å². The summed E-state index contributed by atoms with van der Waals surface area (Å²) in [6.45, 7) is 9.67. The molecule has 1 aliphatic rings. The number of rotatable bonds is 7. The Morgan fingerprint density at radius 2 is 1.76 bits per heavy atom. The fraction of sp³-hybridized carbons (Fsp3) is 0.250. The van der Waals surface area contributed by atoms with Gasteiger partial charge in [-0.25, -0.2) is 4.79 Å². The van der Waals surface area contributed by atoms with E-state index in [0.717, 1.165) is 39.6 Å². The Balaban J connectivity index is 1.65. The van der Waals surface area contributed by atoms with Crippen molar-refractivity contribution in [2.75, 3.05) is 10.2 Å². The van der Waals surface area contributed by atoms with E-state index in [1.165, 1.54) is 0 Å². The maximum atomic E-state index is 12.4. The van der Waals surface area contributed by atoms with Gasteiger partial charge in [0.05, 0.1) is 29.0 Å². The lowest BCUT2D eigenvalue weighted by molar-refractivity contribution is -0.118. The fourth-order valence-electron chi connectivity index (χ4n) is 5.47. The number of carbonyl (C=O) groups is 2. The predicted molar refractivity (Wildman–Crippen MR) is 165 cm³/mol. The van der Waals surface area contributed by atoms with Crippen molar-refractivity contribution >= 4 is 40.6 Å². The number of aryl methyl sites for hydroxylation is 2. The van der Waals surface area contributed by atoms with Gasteiger partial charge in [0.15, 0.2) is 5.11 Å². The molecule has 4 aromatic rings. The quantitative estimate of drug-likeness (QED) is 0.227. The molecule has 210 valence electrons. The van der Waals surface area contributed by atoms with Gasteiger partial charge in [-0.3, -0.25) is 9.78 Å². The maximum absolute atomic E-state index is 12.4. The van der Waals surface area contributed by atoms with Gasteiger partial charge in [-0.2, -0.15) is 0 Å². The average molecular weight is 568 g/mol. The Morgan fingerprint density at radius 3 is 2.41 bits per heavy atom. The summed E-state index contributed by atoms with van der Waals surface area (Å²) in [6.07, 6.45) is 1.77. The standard InChI is InChI=1S/C32H33N5O3S/c1-18(2)30(38)34-25-14-13-22(16-19(25)3)37-29(28(35-32(37)41)26-11-8-9-15-33-26)24-17-20(4)36(21(24)5)27-12-7-6-10-23(27)31(39)40/h6-18,28-29H,1-5H3,(H,34,38)(H,35,41)(H,39,40)/t28-,29+/m1/s1. The summed E-state index contributed by atoms with van der Waals surface area (Å²) < 4.78 is 1.99. The minimum absolute atomic E-state index is 0.0404. The first-order valence-electron chi connectivity index (χ1n) is 13.5. The molecule has 5 rings (SSSR count). The minimum atomic E-state index is -0.980. The molecule has 3 heterocycles. The van der Waals surface area contributed by atoms with Crippen molar-refractivity contribution in [2.45, 2.75) is 46.7 Å². The van der Waals surface area contributed by atoms with Crippen molar-refractivity contribution in [1.29, 1.82) is 0 Å². The van der Waals surface area contributed by atoms with Crippen LogP contribution in [0.25, 0.3) is 5.69 Å². The number of nitrogens with one attached hydrogen (secondary N) is 2. The molecule has 2 atom stereocenters. The average Bonchev–Trinajstić information content (AvgIpc) is 3.44. The van der Waals surface area contributed by atoms with Crippen LogP contribution in [0.1, 0.15) is 64.5 Å². The summed E-state index contributed by atoms with van der Waals surface area (Å²) in [5, 5.41) is 16.9. The van der Waals surface area contributed by atoms with Crippen LogP contribution >= 0.6 is 12.2 Å². The highest BCUT2D eigenvalue weighted by Crippen LogP contribution is 2.44. The van der Waals surface area contributed by atoms with Crippen molar-refractivity contribution in [3.63, 3.8) is 0 Å². The van der Waals surface area contributed by atoms with E-state index in [0.29, 0.717) is 10.8 Å². The predicted octanol–water partition coefficient (Wildman–Crippen LogP) is 6.27. The summed E-state index contributed by atoms with van der Waals surface area (Å²) in [5.41, 5.74) is 7.05. The molecule has 2 aromatic heterocycles. The van der Waals surface area contributed by atoms with E-state index in [1.807, 2.05) is 87.7 Å². The van der Waals surface area contributed by atoms with Crippen molar-refractivity contribution in [2.24, 2.45) is 5.92 Å². The summed E-state index contributed by atoms with van der Waals surface area (Å²) in [6, 6.07) is 20.3. The minimum Gasteiger partial charge on any atom is -0.478 e. The second kappa shape index (κ2) is 11.2. The van der Waals surface area contributed by atoms with E-state index >= 15 is 0 Å². The highest BCUT2D eigenvalue weighted by atomic mass is 32.1. The SMILES string of the molecule is Cc1cc(N2C(=S)N[C@H](c3ccccn3)[C@@H]2c2cc(C)n(-c3ccccc3C(=O)O)c2C)ccc1NC(=O)C(C)C. The normalized spacial score (nSPS) is 16.6. The van der Waals surface area contributed by atoms with Crippen LogP contribution in [0.15, 0.2) is 72.9 Å². The molecule has 41 heavy (non-hydrogen) atoms. The number of aromatic nitrogens is 2. The Labute approximate surface area is 245 Å². The molecule has 0 bridgehead atoms. The highest BCUT2D eigenvalue weighted by molar-refractivity contribution is 7.80. The van der Waals surface area contributed by atoms with Crippen LogP contribution in [0.3, 0.4) is 0 Å². The molecule has 0 unspecified atom stereocenters.